The van der Waals surface area contributed by atoms with E-state index in [2.05, 4.69) is 25.2 Å². The average Bonchev–Trinajstić information content (AvgIpc) is 2.70. The number of aromatic hydroxyl groups is 1. The summed E-state index contributed by atoms with van der Waals surface area (Å²) >= 11 is 0. The molecule has 2 aromatic heterocycles. The summed E-state index contributed by atoms with van der Waals surface area (Å²) in [5.41, 5.74) is 2.24. The van der Waals surface area contributed by atoms with Crippen molar-refractivity contribution in [3.63, 3.8) is 0 Å². The van der Waals surface area contributed by atoms with E-state index in [1.807, 2.05) is 19.9 Å². The molecule has 3 rings (SSSR count). The van der Waals surface area contributed by atoms with Crippen molar-refractivity contribution in [2.24, 2.45) is 10.2 Å². The quantitative estimate of drug-likeness (QED) is 0.701. The number of hydrogen-bond acceptors (Lipinski definition) is 5. The lowest BCUT2D eigenvalue weighted by Gasteiger charge is -1.96. The van der Waals surface area contributed by atoms with Gasteiger partial charge in [0.15, 0.2) is 5.69 Å². The molecule has 0 saturated carbocycles. The summed E-state index contributed by atoms with van der Waals surface area (Å²) in [7, 11) is 0. The Balaban J connectivity index is 2.05. The number of aromatic nitrogens is 3. The second-order valence-corrected chi connectivity index (χ2v) is 4.66. The fourth-order valence-corrected chi connectivity index (χ4v) is 2.09. The molecule has 0 spiro atoms. The van der Waals surface area contributed by atoms with Crippen molar-refractivity contribution >= 4 is 22.5 Å². The molecule has 0 aliphatic rings. The van der Waals surface area contributed by atoms with Crippen molar-refractivity contribution in [2.45, 2.75) is 13.8 Å². The normalized spacial score (nSPS) is 11.6. The van der Waals surface area contributed by atoms with Crippen LogP contribution in [0.2, 0.25) is 0 Å². The molecule has 3 aromatic rings. The van der Waals surface area contributed by atoms with E-state index in [0.717, 1.165) is 11.4 Å². The molecule has 21 heavy (non-hydrogen) atoms. The van der Waals surface area contributed by atoms with Gasteiger partial charge in [0.05, 0.1) is 5.52 Å². The lowest BCUT2D eigenvalue weighted by atomic mass is 10.2. The maximum absolute atomic E-state index is 13.1. The van der Waals surface area contributed by atoms with Crippen LogP contribution in [-0.2, 0) is 0 Å². The van der Waals surface area contributed by atoms with Gasteiger partial charge >= 0.3 is 0 Å². The van der Waals surface area contributed by atoms with Crippen LogP contribution in [0.3, 0.4) is 0 Å². The SMILES string of the molecule is Cc1cc(C)nc(N=Nc2c(O)[nH]c3cc(F)ccc23)n1. The van der Waals surface area contributed by atoms with Crippen molar-refractivity contribution in [3.05, 3.63) is 41.5 Å². The number of nitrogens with zero attached hydrogens (tertiary/aromatic N) is 4. The lowest BCUT2D eigenvalue weighted by molar-refractivity contribution is 0.459. The van der Waals surface area contributed by atoms with E-state index in [4.69, 9.17) is 0 Å². The Kier molecular flexibility index (Phi) is 3.09. The summed E-state index contributed by atoms with van der Waals surface area (Å²) in [5, 5.41) is 18.3. The van der Waals surface area contributed by atoms with Gasteiger partial charge in [-0.2, -0.15) is 0 Å². The molecule has 0 unspecified atom stereocenters. The van der Waals surface area contributed by atoms with Crippen molar-refractivity contribution in [1.29, 1.82) is 0 Å². The van der Waals surface area contributed by atoms with E-state index in [-0.39, 0.29) is 17.5 Å². The van der Waals surface area contributed by atoms with E-state index in [9.17, 15) is 9.50 Å². The lowest BCUT2D eigenvalue weighted by Crippen LogP contribution is -1.87. The largest absolute Gasteiger partial charge is 0.493 e. The molecule has 0 fully saturated rings. The number of aryl methyl sites for hydroxylation is 2. The fourth-order valence-electron chi connectivity index (χ4n) is 2.09. The molecular formula is C14H12FN5O. The van der Waals surface area contributed by atoms with Gasteiger partial charge in [-0.25, -0.2) is 14.4 Å². The highest BCUT2D eigenvalue weighted by molar-refractivity contribution is 5.94. The van der Waals surface area contributed by atoms with Crippen molar-refractivity contribution in [3.8, 4) is 5.88 Å². The molecule has 1 aromatic carbocycles. The van der Waals surface area contributed by atoms with Crippen molar-refractivity contribution in [1.82, 2.24) is 15.0 Å². The van der Waals surface area contributed by atoms with Crippen LogP contribution in [0.1, 0.15) is 11.4 Å². The number of aromatic amines is 1. The molecule has 0 radical (unpaired) electrons. The predicted octanol–water partition coefficient (Wildman–Crippen LogP) is 3.83. The van der Waals surface area contributed by atoms with Gasteiger partial charge < -0.3 is 10.1 Å². The van der Waals surface area contributed by atoms with Crippen LogP contribution in [0.15, 0.2) is 34.5 Å². The van der Waals surface area contributed by atoms with E-state index >= 15 is 0 Å². The first-order chi connectivity index (χ1) is 10.0. The van der Waals surface area contributed by atoms with E-state index in [0.29, 0.717) is 10.9 Å². The van der Waals surface area contributed by atoms with Crippen LogP contribution < -0.4 is 0 Å². The summed E-state index contributed by atoms with van der Waals surface area (Å²) < 4.78 is 13.1. The third-order valence-electron chi connectivity index (χ3n) is 2.92. The molecule has 2 N–H and O–H groups in total. The molecule has 0 atom stereocenters. The second-order valence-electron chi connectivity index (χ2n) is 4.66. The highest BCUT2D eigenvalue weighted by Gasteiger charge is 2.11. The minimum atomic E-state index is -0.398. The Morgan fingerprint density at radius 3 is 2.52 bits per heavy atom. The molecule has 0 amide bonds. The van der Waals surface area contributed by atoms with Gasteiger partial charge in [-0.3, -0.25) is 0 Å². The summed E-state index contributed by atoms with van der Waals surface area (Å²) in [6, 6.07) is 5.92. The van der Waals surface area contributed by atoms with Crippen LogP contribution in [0.25, 0.3) is 10.9 Å². The number of H-pyrrole nitrogens is 1. The molecule has 106 valence electrons. The molecule has 0 bridgehead atoms. The molecule has 0 aliphatic heterocycles. The second kappa shape index (κ2) is 4.93. The number of fused-ring (bicyclic) bond motifs is 1. The van der Waals surface area contributed by atoms with Gasteiger partial charge in [-0.1, -0.05) is 0 Å². The zero-order valence-electron chi connectivity index (χ0n) is 11.4. The highest BCUT2D eigenvalue weighted by Crippen LogP contribution is 2.36. The number of hydrogen-bond donors (Lipinski definition) is 2. The summed E-state index contributed by atoms with van der Waals surface area (Å²) in [6.45, 7) is 3.67. The average molecular weight is 285 g/mol. The molecule has 7 heteroatoms. The standard InChI is InChI=1S/C14H12FN5O/c1-7-5-8(2)17-14(16-7)20-19-12-10-4-3-9(15)6-11(10)18-13(12)21/h3-6,18,21H,1-2H3. The summed E-state index contributed by atoms with van der Waals surface area (Å²) in [6.07, 6.45) is 0. The first-order valence-corrected chi connectivity index (χ1v) is 6.27. The van der Waals surface area contributed by atoms with Crippen LogP contribution in [0.5, 0.6) is 5.88 Å². The van der Waals surface area contributed by atoms with Gasteiger partial charge in [0.1, 0.15) is 5.82 Å². The Morgan fingerprint density at radius 1 is 1.10 bits per heavy atom. The van der Waals surface area contributed by atoms with Gasteiger partial charge in [0.2, 0.25) is 5.88 Å². The number of azo groups is 1. The maximum Gasteiger partial charge on any atom is 0.269 e. The monoisotopic (exact) mass is 285 g/mol. The Bertz CT molecular complexity index is 836. The Hall–Kier alpha value is -2.83. The van der Waals surface area contributed by atoms with Gasteiger partial charge in [-0.05, 0) is 38.1 Å². The number of nitrogens with one attached hydrogen (secondary N) is 1. The first-order valence-electron chi connectivity index (χ1n) is 6.27. The van der Waals surface area contributed by atoms with E-state index < -0.39 is 5.82 Å². The number of halogens is 1. The zero-order valence-corrected chi connectivity index (χ0v) is 11.4. The van der Waals surface area contributed by atoms with Gasteiger partial charge in [-0.15, -0.1) is 10.2 Å². The first kappa shape index (κ1) is 13.2. The van der Waals surface area contributed by atoms with Crippen LogP contribution >= 0.6 is 0 Å². The van der Waals surface area contributed by atoms with Crippen LogP contribution in [-0.4, -0.2) is 20.1 Å². The molecule has 6 nitrogen and oxygen atoms in total. The minimum Gasteiger partial charge on any atom is -0.493 e. The predicted molar refractivity (Wildman–Crippen MR) is 75.6 cm³/mol. The van der Waals surface area contributed by atoms with Crippen molar-refractivity contribution in [2.75, 3.05) is 0 Å². The van der Waals surface area contributed by atoms with E-state index in [1.54, 1.807) is 0 Å². The van der Waals surface area contributed by atoms with E-state index in [1.165, 1.54) is 18.2 Å². The van der Waals surface area contributed by atoms with Gasteiger partial charge in [0.25, 0.3) is 5.95 Å². The summed E-state index contributed by atoms with van der Waals surface area (Å²) in [4.78, 5) is 10.9. The molecule has 0 saturated heterocycles. The highest BCUT2D eigenvalue weighted by atomic mass is 19.1. The molecule has 2 heterocycles. The summed E-state index contributed by atoms with van der Waals surface area (Å²) in [5.74, 6) is -0.364. The minimum absolute atomic E-state index is 0.177. The molecule has 0 aliphatic carbocycles. The Labute approximate surface area is 119 Å². The van der Waals surface area contributed by atoms with Gasteiger partial charge in [0, 0.05) is 16.8 Å². The van der Waals surface area contributed by atoms with Crippen molar-refractivity contribution < 1.29 is 9.50 Å². The third-order valence-corrected chi connectivity index (χ3v) is 2.92. The number of rotatable bonds is 2. The zero-order chi connectivity index (χ0) is 15.0. The number of benzene rings is 1. The van der Waals surface area contributed by atoms with Crippen LogP contribution in [0, 0.1) is 19.7 Å². The van der Waals surface area contributed by atoms with Crippen LogP contribution in [0.4, 0.5) is 16.0 Å². The fraction of sp³-hybridized carbons (Fsp3) is 0.143. The maximum atomic E-state index is 13.1. The Morgan fingerprint density at radius 2 is 1.81 bits per heavy atom. The third kappa shape index (κ3) is 2.58. The topological polar surface area (TPSA) is 86.5 Å². The molecular weight excluding hydrogens is 273 g/mol. The smallest absolute Gasteiger partial charge is 0.269 e.